The van der Waals surface area contributed by atoms with Crippen LogP contribution in [0.15, 0.2) is 12.1 Å². The minimum Gasteiger partial charge on any atom is -0.507 e. The second-order valence-electron chi connectivity index (χ2n) is 6.88. The van der Waals surface area contributed by atoms with Crippen LogP contribution >= 0.6 is 0 Å². The Labute approximate surface area is 137 Å². The van der Waals surface area contributed by atoms with Gasteiger partial charge in [-0.2, -0.15) is 0 Å². The summed E-state index contributed by atoms with van der Waals surface area (Å²) in [5.41, 5.74) is 0.233. The highest BCUT2D eigenvalue weighted by Gasteiger charge is 2.44. The smallest absolute Gasteiger partial charge is 0.342 e. The van der Waals surface area contributed by atoms with Crippen molar-refractivity contribution in [3.05, 3.63) is 28.8 Å². The first-order chi connectivity index (χ1) is 11.2. The molecule has 2 aliphatic heterocycles. The van der Waals surface area contributed by atoms with Crippen molar-refractivity contribution < 1.29 is 29.3 Å². The Morgan fingerprint density at radius 2 is 1.92 bits per heavy atom. The summed E-state index contributed by atoms with van der Waals surface area (Å²) in [5.74, 6) is -1.33. The summed E-state index contributed by atoms with van der Waals surface area (Å²) in [6.45, 7) is 5.17. The molecule has 1 unspecified atom stereocenters. The summed E-state index contributed by atoms with van der Waals surface area (Å²) in [6.07, 6.45) is -0.0167. The molecule has 2 aromatic carbocycles. The van der Waals surface area contributed by atoms with E-state index in [-0.39, 0.29) is 28.9 Å². The lowest BCUT2D eigenvalue weighted by Gasteiger charge is -2.24. The Hall–Kier alpha value is -2.76. The van der Waals surface area contributed by atoms with Gasteiger partial charge in [0.1, 0.15) is 17.4 Å². The summed E-state index contributed by atoms with van der Waals surface area (Å²) in [5, 5.41) is 21.9. The minimum absolute atomic E-state index is 0.0550. The van der Waals surface area contributed by atoms with Gasteiger partial charge in [0.15, 0.2) is 11.5 Å². The lowest BCUT2D eigenvalue weighted by atomic mass is 9.83. The largest absolute Gasteiger partial charge is 0.507 e. The zero-order valence-corrected chi connectivity index (χ0v) is 13.5. The van der Waals surface area contributed by atoms with Crippen LogP contribution in [0, 0.1) is 0 Å². The van der Waals surface area contributed by atoms with Gasteiger partial charge in [-0.1, -0.05) is 0 Å². The Balaban J connectivity index is 2.12. The van der Waals surface area contributed by atoms with Crippen LogP contribution in [0.1, 0.15) is 42.3 Å². The SMILES string of the molecule is CC1Cc2c(c(O)cc3cc4c(c(O)c23)OC(=O)C4(C)C)C(=O)O1. The van der Waals surface area contributed by atoms with Crippen molar-refractivity contribution in [3.63, 3.8) is 0 Å². The molecule has 0 spiro atoms. The van der Waals surface area contributed by atoms with Gasteiger partial charge in [-0.25, -0.2) is 4.79 Å². The molecule has 0 bridgehead atoms. The molecular formula is C18H16O6. The molecule has 0 radical (unpaired) electrons. The first-order valence-electron chi connectivity index (χ1n) is 7.70. The molecule has 0 amide bonds. The second-order valence-corrected chi connectivity index (χ2v) is 6.88. The molecule has 6 nitrogen and oxygen atoms in total. The van der Waals surface area contributed by atoms with E-state index >= 15 is 0 Å². The van der Waals surface area contributed by atoms with E-state index < -0.39 is 17.4 Å². The third-order valence-corrected chi connectivity index (χ3v) is 4.82. The molecule has 24 heavy (non-hydrogen) atoms. The number of aromatic hydroxyl groups is 2. The molecule has 0 aliphatic carbocycles. The number of carbonyl (C=O) groups is 2. The third-order valence-electron chi connectivity index (χ3n) is 4.82. The molecule has 0 fully saturated rings. The molecule has 0 saturated heterocycles. The van der Waals surface area contributed by atoms with Gasteiger partial charge >= 0.3 is 11.9 Å². The van der Waals surface area contributed by atoms with Gasteiger partial charge in [-0.15, -0.1) is 0 Å². The van der Waals surface area contributed by atoms with E-state index in [0.29, 0.717) is 28.3 Å². The van der Waals surface area contributed by atoms with Crippen molar-refractivity contribution in [3.8, 4) is 17.2 Å². The van der Waals surface area contributed by atoms with Crippen LogP contribution in [0.2, 0.25) is 0 Å². The van der Waals surface area contributed by atoms with Crippen molar-refractivity contribution in [2.45, 2.75) is 38.7 Å². The van der Waals surface area contributed by atoms with Gasteiger partial charge in [0.25, 0.3) is 0 Å². The molecular weight excluding hydrogens is 312 g/mol. The summed E-state index contributed by atoms with van der Waals surface area (Å²) >= 11 is 0. The maximum absolute atomic E-state index is 12.1. The van der Waals surface area contributed by atoms with Gasteiger partial charge in [0, 0.05) is 17.4 Å². The molecule has 1 atom stereocenters. The molecule has 0 aromatic heterocycles. The number of benzene rings is 2. The van der Waals surface area contributed by atoms with E-state index in [9.17, 15) is 19.8 Å². The summed E-state index contributed by atoms with van der Waals surface area (Å²) in [4.78, 5) is 24.2. The molecule has 6 heteroatoms. The highest BCUT2D eigenvalue weighted by Crippen LogP contribution is 2.51. The zero-order chi connectivity index (χ0) is 17.4. The lowest BCUT2D eigenvalue weighted by Crippen LogP contribution is -2.26. The molecule has 124 valence electrons. The number of phenolic OH excluding ortho intramolecular Hbond substituents is 2. The standard InChI is InChI=1S/C18H16O6/c1-7-4-9-12-8(6-11(19)13(9)16(21)23-7)5-10-15(14(12)20)24-17(22)18(10,2)3/h5-7,19-20H,4H2,1-3H3. The van der Waals surface area contributed by atoms with E-state index in [4.69, 9.17) is 9.47 Å². The molecule has 0 saturated carbocycles. The quantitative estimate of drug-likeness (QED) is 0.570. The van der Waals surface area contributed by atoms with Crippen molar-refractivity contribution in [1.29, 1.82) is 0 Å². The number of cyclic esters (lactones) is 1. The first kappa shape index (κ1) is 14.8. The van der Waals surface area contributed by atoms with Crippen LogP contribution in [0.3, 0.4) is 0 Å². The number of hydrogen-bond acceptors (Lipinski definition) is 6. The summed E-state index contributed by atoms with van der Waals surface area (Å²) in [7, 11) is 0. The van der Waals surface area contributed by atoms with Gasteiger partial charge in [-0.05, 0) is 43.9 Å². The van der Waals surface area contributed by atoms with Gasteiger partial charge < -0.3 is 19.7 Å². The lowest BCUT2D eigenvalue weighted by molar-refractivity contribution is -0.137. The van der Waals surface area contributed by atoms with Crippen LogP contribution in [0.5, 0.6) is 17.2 Å². The monoisotopic (exact) mass is 328 g/mol. The van der Waals surface area contributed by atoms with Gasteiger partial charge in [0.2, 0.25) is 0 Å². The third kappa shape index (κ3) is 1.71. The van der Waals surface area contributed by atoms with Crippen molar-refractivity contribution in [2.75, 3.05) is 0 Å². The summed E-state index contributed by atoms with van der Waals surface area (Å²) < 4.78 is 10.4. The Morgan fingerprint density at radius 3 is 2.62 bits per heavy atom. The van der Waals surface area contributed by atoms with E-state index in [2.05, 4.69) is 0 Å². The van der Waals surface area contributed by atoms with E-state index in [1.807, 2.05) is 0 Å². The van der Waals surface area contributed by atoms with Gasteiger partial charge in [-0.3, -0.25) is 4.79 Å². The maximum Gasteiger partial charge on any atom is 0.342 e. The molecule has 2 heterocycles. The molecule has 2 aromatic rings. The Kier molecular flexibility index (Phi) is 2.72. The number of fused-ring (bicyclic) bond motifs is 4. The van der Waals surface area contributed by atoms with E-state index in [0.717, 1.165) is 0 Å². The fourth-order valence-corrected chi connectivity index (χ4v) is 3.50. The molecule has 4 rings (SSSR count). The van der Waals surface area contributed by atoms with Crippen LogP contribution in [-0.2, 0) is 21.4 Å². The van der Waals surface area contributed by atoms with Crippen LogP contribution in [0.4, 0.5) is 0 Å². The average Bonchev–Trinajstić information content (AvgIpc) is 2.69. The molecule has 2 aliphatic rings. The highest BCUT2D eigenvalue weighted by atomic mass is 16.6. The number of carbonyl (C=O) groups excluding carboxylic acids is 2. The van der Waals surface area contributed by atoms with E-state index in [1.54, 1.807) is 26.8 Å². The Bertz CT molecular complexity index is 941. The topological polar surface area (TPSA) is 93.1 Å². The fraction of sp³-hybridized carbons (Fsp3) is 0.333. The normalized spacial score (nSPS) is 21.2. The predicted octanol–water partition coefficient (Wildman–Crippen LogP) is 2.55. The van der Waals surface area contributed by atoms with E-state index in [1.165, 1.54) is 6.07 Å². The number of hydrogen-bond donors (Lipinski definition) is 2. The maximum atomic E-state index is 12.1. The zero-order valence-electron chi connectivity index (χ0n) is 13.5. The number of esters is 2. The van der Waals surface area contributed by atoms with Crippen LogP contribution in [0.25, 0.3) is 10.8 Å². The first-order valence-corrected chi connectivity index (χ1v) is 7.70. The van der Waals surface area contributed by atoms with Crippen molar-refractivity contribution >= 4 is 22.7 Å². The highest BCUT2D eigenvalue weighted by molar-refractivity contribution is 6.07. The minimum atomic E-state index is -0.890. The van der Waals surface area contributed by atoms with Crippen molar-refractivity contribution in [1.82, 2.24) is 0 Å². The predicted molar refractivity (Wildman–Crippen MR) is 84.5 cm³/mol. The Morgan fingerprint density at radius 1 is 1.21 bits per heavy atom. The average molecular weight is 328 g/mol. The van der Waals surface area contributed by atoms with Crippen molar-refractivity contribution in [2.24, 2.45) is 0 Å². The fourth-order valence-electron chi connectivity index (χ4n) is 3.50. The molecule has 2 N–H and O–H groups in total. The number of phenols is 2. The number of ether oxygens (including phenoxy) is 2. The van der Waals surface area contributed by atoms with Gasteiger partial charge in [0.05, 0.1) is 5.41 Å². The van der Waals surface area contributed by atoms with Crippen LogP contribution < -0.4 is 4.74 Å². The summed E-state index contributed by atoms with van der Waals surface area (Å²) in [6, 6.07) is 3.13. The van der Waals surface area contributed by atoms with Crippen LogP contribution in [-0.4, -0.2) is 28.3 Å². The second kappa shape index (κ2) is 4.41. The number of rotatable bonds is 0.